The zero-order valence-corrected chi connectivity index (χ0v) is 14.2. The Morgan fingerprint density at radius 1 is 1.22 bits per heavy atom. The van der Waals surface area contributed by atoms with Crippen molar-refractivity contribution in [2.24, 2.45) is 0 Å². The molecule has 126 valence electrons. The second-order valence-corrected chi connectivity index (χ2v) is 6.82. The second-order valence-electron chi connectivity index (χ2n) is 5.74. The highest BCUT2D eigenvalue weighted by Gasteiger charge is 2.23. The monoisotopic (exact) mass is 338 g/mol. The Bertz CT molecular complexity index is 578. The standard InChI is InChI=1S/C16H22N2O4S/c1-10(15(20)18-12-6-4-3-5-7-12)22-16(21)13-8-9-14(23-13)17-11(2)19/h8-10,12H,3-7H2,1-2H3,(H,17,19)(H,18,20). The molecular weight excluding hydrogens is 316 g/mol. The molecule has 1 aromatic rings. The van der Waals surface area contributed by atoms with Crippen LogP contribution < -0.4 is 10.6 Å². The van der Waals surface area contributed by atoms with E-state index in [1.807, 2.05) is 0 Å². The number of thiophene rings is 1. The predicted molar refractivity (Wildman–Crippen MR) is 88.5 cm³/mol. The zero-order valence-electron chi connectivity index (χ0n) is 13.4. The highest BCUT2D eigenvalue weighted by Crippen LogP contribution is 2.23. The molecule has 7 heteroatoms. The summed E-state index contributed by atoms with van der Waals surface area (Å²) in [7, 11) is 0. The van der Waals surface area contributed by atoms with Crippen LogP contribution in [-0.2, 0) is 14.3 Å². The quantitative estimate of drug-likeness (QED) is 0.809. The number of carbonyl (C=O) groups is 3. The number of anilines is 1. The van der Waals surface area contributed by atoms with Crippen LogP contribution in [0.2, 0.25) is 0 Å². The number of ether oxygens (including phenoxy) is 1. The first kappa shape index (κ1) is 17.5. The van der Waals surface area contributed by atoms with E-state index in [0.717, 1.165) is 37.0 Å². The van der Waals surface area contributed by atoms with Gasteiger partial charge in [0.15, 0.2) is 6.10 Å². The summed E-state index contributed by atoms with van der Waals surface area (Å²) in [6.45, 7) is 2.97. The van der Waals surface area contributed by atoms with Crippen molar-refractivity contribution >= 4 is 34.1 Å². The lowest BCUT2D eigenvalue weighted by atomic mass is 9.95. The fraction of sp³-hybridized carbons (Fsp3) is 0.562. The van der Waals surface area contributed by atoms with Gasteiger partial charge in [0.25, 0.3) is 5.91 Å². The molecule has 0 bridgehead atoms. The minimum atomic E-state index is -0.837. The van der Waals surface area contributed by atoms with E-state index in [-0.39, 0.29) is 17.9 Å². The lowest BCUT2D eigenvalue weighted by Crippen LogP contribution is -2.42. The summed E-state index contributed by atoms with van der Waals surface area (Å²) in [5.41, 5.74) is 0. The first-order valence-electron chi connectivity index (χ1n) is 7.84. The Morgan fingerprint density at radius 3 is 2.57 bits per heavy atom. The van der Waals surface area contributed by atoms with Gasteiger partial charge in [0, 0.05) is 13.0 Å². The molecule has 1 aromatic heterocycles. The van der Waals surface area contributed by atoms with Crippen molar-refractivity contribution in [2.45, 2.75) is 58.1 Å². The van der Waals surface area contributed by atoms with Crippen molar-refractivity contribution in [1.82, 2.24) is 5.32 Å². The molecule has 1 heterocycles. The van der Waals surface area contributed by atoms with Crippen molar-refractivity contribution in [3.8, 4) is 0 Å². The Hall–Kier alpha value is -1.89. The minimum absolute atomic E-state index is 0.186. The summed E-state index contributed by atoms with van der Waals surface area (Å²) in [5, 5.41) is 6.11. The minimum Gasteiger partial charge on any atom is -0.448 e. The van der Waals surface area contributed by atoms with Crippen LogP contribution in [0.4, 0.5) is 5.00 Å². The van der Waals surface area contributed by atoms with Crippen LogP contribution in [0.3, 0.4) is 0 Å². The summed E-state index contributed by atoms with van der Waals surface area (Å²) in [4.78, 5) is 35.5. The van der Waals surface area contributed by atoms with Gasteiger partial charge in [0.1, 0.15) is 4.88 Å². The average Bonchev–Trinajstić information content (AvgIpc) is 2.96. The van der Waals surface area contributed by atoms with Crippen molar-refractivity contribution in [1.29, 1.82) is 0 Å². The number of esters is 1. The van der Waals surface area contributed by atoms with Gasteiger partial charge in [-0.2, -0.15) is 0 Å². The maximum Gasteiger partial charge on any atom is 0.349 e. The SMILES string of the molecule is CC(=O)Nc1ccc(C(=O)OC(C)C(=O)NC2CCCCC2)s1. The summed E-state index contributed by atoms with van der Waals surface area (Å²) in [5.74, 6) is -1.02. The smallest absolute Gasteiger partial charge is 0.349 e. The number of amides is 2. The lowest BCUT2D eigenvalue weighted by Gasteiger charge is -2.24. The summed E-state index contributed by atoms with van der Waals surface area (Å²) in [6, 6.07) is 3.39. The lowest BCUT2D eigenvalue weighted by molar-refractivity contribution is -0.130. The van der Waals surface area contributed by atoms with Crippen molar-refractivity contribution in [2.75, 3.05) is 5.32 Å². The molecule has 2 N–H and O–H groups in total. The maximum atomic E-state index is 12.1. The number of hydrogen-bond acceptors (Lipinski definition) is 5. The molecule has 0 aromatic carbocycles. The predicted octanol–water partition coefficient (Wildman–Crippen LogP) is 2.70. The van der Waals surface area contributed by atoms with Crippen LogP contribution >= 0.6 is 11.3 Å². The Kier molecular flexibility index (Phi) is 6.15. The fourth-order valence-corrected chi connectivity index (χ4v) is 3.36. The highest BCUT2D eigenvalue weighted by atomic mass is 32.1. The topological polar surface area (TPSA) is 84.5 Å². The van der Waals surface area contributed by atoms with E-state index in [4.69, 9.17) is 4.74 Å². The van der Waals surface area contributed by atoms with Crippen LogP contribution in [0.5, 0.6) is 0 Å². The first-order chi connectivity index (χ1) is 11.0. The molecular formula is C16H22N2O4S. The molecule has 2 amide bonds. The Morgan fingerprint density at radius 2 is 1.91 bits per heavy atom. The van der Waals surface area contributed by atoms with Crippen molar-refractivity contribution < 1.29 is 19.1 Å². The molecule has 1 fully saturated rings. The normalized spacial score (nSPS) is 16.4. The van der Waals surface area contributed by atoms with E-state index in [1.165, 1.54) is 13.3 Å². The zero-order chi connectivity index (χ0) is 16.8. The van der Waals surface area contributed by atoms with Gasteiger partial charge in [-0.1, -0.05) is 19.3 Å². The van der Waals surface area contributed by atoms with Crippen LogP contribution in [-0.4, -0.2) is 29.9 Å². The molecule has 6 nitrogen and oxygen atoms in total. The molecule has 1 atom stereocenters. The van der Waals surface area contributed by atoms with Gasteiger partial charge in [-0.05, 0) is 31.9 Å². The van der Waals surface area contributed by atoms with Crippen LogP contribution in [0, 0.1) is 0 Å². The average molecular weight is 338 g/mol. The van der Waals surface area contributed by atoms with Gasteiger partial charge in [-0.25, -0.2) is 4.79 Å². The van der Waals surface area contributed by atoms with Gasteiger partial charge in [0.05, 0.1) is 5.00 Å². The highest BCUT2D eigenvalue weighted by molar-refractivity contribution is 7.18. The molecule has 2 rings (SSSR count). The van der Waals surface area contributed by atoms with E-state index < -0.39 is 12.1 Å². The van der Waals surface area contributed by atoms with Crippen molar-refractivity contribution in [3.63, 3.8) is 0 Å². The third kappa shape index (κ3) is 5.35. The number of rotatable bonds is 5. The van der Waals surface area contributed by atoms with Gasteiger partial charge in [0.2, 0.25) is 5.91 Å². The molecule has 1 unspecified atom stereocenters. The van der Waals surface area contributed by atoms with E-state index >= 15 is 0 Å². The maximum absolute atomic E-state index is 12.1. The molecule has 0 aliphatic heterocycles. The summed E-state index contributed by atoms with van der Waals surface area (Å²) < 4.78 is 5.20. The Labute approximate surface area is 139 Å². The second kappa shape index (κ2) is 8.10. The van der Waals surface area contributed by atoms with Crippen LogP contribution in [0.25, 0.3) is 0 Å². The summed E-state index contributed by atoms with van der Waals surface area (Å²) in [6.07, 6.45) is 4.59. The third-order valence-electron chi connectivity index (χ3n) is 3.71. The molecule has 0 radical (unpaired) electrons. The first-order valence-corrected chi connectivity index (χ1v) is 8.66. The third-order valence-corrected chi connectivity index (χ3v) is 4.69. The summed E-state index contributed by atoms with van der Waals surface area (Å²) >= 11 is 1.12. The van der Waals surface area contributed by atoms with Gasteiger partial charge in [-0.3, -0.25) is 9.59 Å². The Balaban J connectivity index is 1.84. The van der Waals surface area contributed by atoms with E-state index in [0.29, 0.717) is 9.88 Å². The number of hydrogen-bond donors (Lipinski definition) is 2. The van der Waals surface area contributed by atoms with Gasteiger partial charge in [-0.15, -0.1) is 11.3 Å². The number of carbonyl (C=O) groups excluding carboxylic acids is 3. The molecule has 1 aliphatic rings. The van der Waals surface area contributed by atoms with Gasteiger partial charge < -0.3 is 15.4 Å². The van der Waals surface area contributed by atoms with E-state index in [2.05, 4.69) is 10.6 Å². The van der Waals surface area contributed by atoms with E-state index in [1.54, 1.807) is 19.1 Å². The number of nitrogens with one attached hydrogen (secondary N) is 2. The van der Waals surface area contributed by atoms with Crippen LogP contribution in [0.1, 0.15) is 55.6 Å². The molecule has 0 spiro atoms. The fourth-order valence-electron chi connectivity index (χ4n) is 2.53. The van der Waals surface area contributed by atoms with Gasteiger partial charge >= 0.3 is 5.97 Å². The molecule has 1 aliphatic carbocycles. The molecule has 0 saturated heterocycles. The van der Waals surface area contributed by atoms with Crippen LogP contribution in [0.15, 0.2) is 12.1 Å². The largest absolute Gasteiger partial charge is 0.448 e. The molecule has 1 saturated carbocycles. The molecule has 23 heavy (non-hydrogen) atoms. The van der Waals surface area contributed by atoms with Crippen molar-refractivity contribution in [3.05, 3.63) is 17.0 Å². The van der Waals surface area contributed by atoms with E-state index in [9.17, 15) is 14.4 Å².